The van der Waals surface area contributed by atoms with E-state index in [2.05, 4.69) is 5.32 Å². The molecule has 3 fully saturated rings. The number of hydrogen-bond donors (Lipinski definition) is 1. The zero-order chi connectivity index (χ0) is 15.4. The average molecular weight is 309 g/mol. The van der Waals surface area contributed by atoms with Gasteiger partial charge < -0.3 is 14.8 Å². The Morgan fingerprint density at radius 3 is 2.77 bits per heavy atom. The van der Waals surface area contributed by atoms with E-state index in [1.165, 1.54) is 32.1 Å². The van der Waals surface area contributed by atoms with Crippen molar-refractivity contribution >= 4 is 5.91 Å². The largest absolute Gasteiger partial charge is 0.379 e. The molecule has 4 nitrogen and oxygen atoms in total. The molecule has 1 N–H and O–H groups in total. The first-order chi connectivity index (χ1) is 10.7. The van der Waals surface area contributed by atoms with E-state index in [0.717, 1.165) is 37.7 Å². The quantitative estimate of drug-likeness (QED) is 0.849. The molecule has 4 heteroatoms. The predicted molar refractivity (Wildman–Crippen MR) is 85.6 cm³/mol. The summed E-state index contributed by atoms with van der Waals surface area (Å²) in [6, 6.07) is 0.0946. The molecule has 0 aromatic carbocycles. The van der Waals surface area contributed by atoms with E-state index in [0.29, 0.717) is 13.2 Å². The smallest absolute Gasteiger partial charge is 0.223 e. The Balaban J connectivity index is 1.39. The minimum Gasteiger partial charge on any atom is -0.379 e. The van der Waals surface area contributed by atoms with Crippen molar-refractivity contribution in [2.24, 2.45) is 17.8 Å². The highest BCUT2D eigenvalue weighted by Gasteiger charge is 2.35. The van der Waals surface area contributed by atoms with Gasteiger partial charge in [-0.15, -0.1) is 0 Å². The number of rotatable bonds is 5. The lowest BCUT2D eigenvalue weighted by atomic mass is 9.67. The fourth-order valence-corrected chi connectivity index (χ4v) is 4.44. The summed E-state index contributed by atoms with van der Waals surface area (Å²) in [7, 11) is 0. The van der Waals surface area contributed by atoms with E-state index in [-0.39, 0.29) is 24.0 Å². The second-order valence-electron chi connectivity index (χ2n) is 7.54. The Hall–Kier alpha value is -0.610. The molecule has 5 atom stereocenters. The van der Waals surface area contributed by atoms with Crippen LogP contribution in [0.15, 0.2) is 0 Å². The van der Waals surface area contributed by atoms with E-state index in [4.69, 9.17) is 9.47 Å². The molecule has 2 aliphatic carbocycles. The van der Waals surface area contributed by atoms with Crippen molar-refractivity contribution in [3.05, 3.63) is 0 Å². The summed E-state index contributed by atoms with van der Waals surface area (Å²) in [6.45, 7) is 4.14. The van der Waals surface area contributed by atoms with Gasteiger partial charge in [-0.05, 0) is 44.4 Å². The molecule has 1 aliphatic heterocycles. The van der Waals surface area contributed by atoms with Gasteiger partial charge in [0.05, 0.1) is 19.3 Å². The molecule has 1 amide bonds. The van der Waals surface area contributed by atoms with Gasteiger partial charge in [-0.2, -0.15) is 0 Å². The normalized spacial score (nSPS) is 36.6. The summed E-state index contributed by atoms with van der Waals surface area (Å²) in [6.07, 6.45) is 10.1. The Labute approximate surface area is 134 Å². The number of fused-ring (bicyclic) bond motifs is 1. The van der Waals surface area contributed by atoms with Gasteiger partial charge in [0.1, 0.15) is 0 Å². The topological polar surface area (TPSA) is 47.6 Å². The fraction of sp³-hybridized carbons (Fsp3) is 0.944. The number of hydrogen-bond acceptors (Lipinski definition) is 3. The Kier molecular flexibility index (Phi) is 5.75. The number of amides is 1. The lowest BCUT2D eigenvalue weighted by Crippen LogP contribution is -2.43. The maximum absolute atomic E-state index is 12.5. The Morgan fingerprint density at radius 2 is 2.00 bits per heavy atom. The Bertz CT molecular complexity index is 367. The number of carbonyl (C=O) groups excluding carboxylic acids is 1. The third-order valence-electron chi connectivity index (χ3n) is 5.77. The van der Waals surface area contributed by atoms with Crippen molar-refractivity contribution in [2.75, 3.05) is 19.8 Å². The highest BCUT2D eigenvalue weighted by Crippen LogP contribution is 2.42. The summed E-state index contributed by atoms with van der Waals surface area (Å²) in [5.74, 6) is 2.20. The maximum Gasteiger partial charge on any atom is 0.223 e. The molecule has 0 aromatic heterocycles. The fourth-order valence-electron chi connectivity index (χ4n) is 4.44. The van der Waals surface area contributed by atoms with Crippen LogP contribution in [0.3, 0.4) is 0 Å². The van der Waals surface area contributed by atoms with Crippen molar-refractivity contribution in [3.8, 4) is 0 Å². The zero-order valence-corrected chi connectivity index (χ0v) is 13.9. The molecule has 22 heavy (non-hydrogen) atoms. The van der Waals surface area contributed by atoms with Crippen LogP contribution in [0, 0.1) is 17.8 Å². The van der Waals surface area contributed by atoms with Crippen LogP contribution in [0.2, 0.25) is 0 Å². The van der Waals surface area contributed by atoms with Gasteiger partial charge in [-0.1, -0.05) is 25.7 Å². The lowest BCUT2D eigenvalue weighted by molar-refractivity contribution is -0.128. The number of ether oxygens (including phenoxy) is 2. The van der Waals surface area contributed by atoms with Crippen LogP contribution < -0.4 is 5.32 Å². The Morgan fingerprint density at radius 1 is 1.18 bits per heavy atom. The van der Waals surface area contributed by atoms with Gasteiger partial charge in [-0.25, -0.2) is 0 Å². The standard InChI is InChI=1S/C18H31NO3/c1-13(11-22-17-8-9-21-12-17)19-18(20)16-7-6-14-4-2-3-5-15(14)10-16/h13-17H,2-12H2,1H3,(H,19,20)/t13-,14+,15+,16-,17-/m1/s1. The van der Waals surface area contributed by atoms with Crippen LogP contribution in [0.4, 0.5) is 0 Å². The van der Waals surface area contributed by atoms with Gasteiger partial charge >= 0.3 is 0 Å². The SMILES string of the molecule is C[C@H](CO[C@@H]1CCOC1)NC(=O)[C@@H]1CC[C@@H]2CCCC[C@H]2C1. The van der Waals surface area contributed by atoms with Crippen molar-refractivity contribution in [1.29, 1.82) is 0 Å². The van der Waals surface area contributed by atoms with Crippen molar-refractivity contribution in [2.45, 2.75) is 70.4 Å². The molecule has 0 unspecified atom stereocenters. The second-order valence-corrected chi connectivity index (χ2v) is 7.54. The van der Waals surface area contributed by atoms with Crippen LogP contribution in [-0.4, -0.2) is 37.9 Å². The van der Waals surface area contributed by atoms with Gasteiger partial charge in [-0.3, -0.25) is 4.79 Å². The molecule has 126 valence electrons. The number of carbonyl (C=O) groups is 1. The van der Waals surface area contributed by atoms with E-state index >= 15 is 0 Å². The van der Waals surface area contributed by atoms with Crippen LogP contribution >= 0.6 is 0 Å². The van der Waals surface area contributed by atoms with E-state index in [9.17, 15) is 4.79 Å². The monoisotopic (exact) mass is 309 g/mol. The molecule has 1 saturated heterocycles. The highest BCUT2D eigenvalue weighted by atomic mass is 16.5. The van der Waals surface area contributed by atoms with Crippen molar-refractivity contribution in [3.63, 3.8) is 0 Å². The van der Waals surface area contributed by atoms with Gasteiger partial charge in [0.25, 0.3) is 0 Å². The molecule has 0 aromatic rings. The van der Waals surface area contributed by atoms with Crippen LogP contribution in [0.5, 0.6) is 0 Å². The number of nitrogens with one attached hydrogen (secondary N) is 1. The molecule has 1 heterocycles. The van der Waals surface area contributed by atoms with Crippen LogP contribution in [-0.2, 0) is 14.3 Å². The summed E-state index contributed by atoms with van der Waals surface area (Å²) in [5, 5.41) is 3.16. The van der Waals surface area contributed by atoms with Crippen LogP contribution in [0.25, 0.3) is 0 Å². The molecular formula is C18H31NO3. The highest BCUT2D eigenvalue weighted by molar-refractivity contribution is 5.79. The zero-order valence-electron chi connectivity index (χ0n) is 13.9. The van der Waals surface area contributed by atoms with Gasteiger partial charge in [0.15, 0.2) is 0 Å². The molecule has 2 saturated carbocycles. The summed E-state index contributed by atoms with van der Waals surface area (Å²) < 4.78 is 11.1. The molecule has 3 rings (SSSR count). The summed E-state index contributed by atoms with van der Waals surface area (Å²) in [5.41, 5.74) is 0. The summed E-state index contributed by atoms with van der Waals surface area (Å²) in [4.78, 5) is 12.5. The van der Waals surface area contributed by atoms with Crippen molar-refractivity contribution < 1.29 is 14.3 Å². The van der Waals surface area contributed by atoms with Gasteiger partial charge in [0.2, 0.25) is 5.91 Å². The van der Waals surface area contributed by atoms with E-state index < -0.39 is 0 Å². The molecule has 0 bridgehead atoms. The minimum atomic E-state index is 0.0946. The second kappa shape index (κ2) is 7.78. The third kappa shape index (κ3) is 4.23. The van der Waals surface area contributed by atoms with Crippen LogP contribution in [0.1, 0.15) is 58.3 Å². The molecule has 3 aliphatic rings. The van der Waals surface area contributed by atoms with Crippen molar-refractivity contribution in [1.82, 2.24) is 5.32 Å². The third-order valence-corrected chi connectivity index (χ3v) is 5.77. The molecule has 0 radical (unpaired) electrons. The first kappa shape index (κ1) is 16.3. The summed E-state index contributed by atoms with van der Waals surface area (Å²) >= 11 is 0. The molecular weight excluding hydrogens is 278 g/mol. The predicted octanol–water partition coefficient (Wildman–Crippen LogP) is 2.90. The molecule has 0 spiro atoms. The van der Waals surface area contributed by atoms with E-state index in [1.807, 2.05) is 6.92 Å². The first-order valence-corrected chi connectivity index (χ1v) is 9.22. The van der Waals surface area contributed by atoms with Gasteiger partial charge in [0, 0.05) is 18.6 Å². The average Bonchev–Trinajstić information content (AvgIpc) is 3.06. The lowest BCUT2D eigenvalue weighted by Gasteiger charge is -2.39. The first-order valence-electron chi connectivity index (χ1n) is 9.22. The minimum absolute atomic E-state index is 0.0946. The maximum atomic E-state index is 12.5. The van der Waals surface area contributed by atoms with E-state index in [1.54, 1.807) is 0 Å².